The molecule has 1 heterocycles. The van der Waals surface area contributed by atoms with Crippen LogP contribution >= 0.6 is 30.8 Å². The van der Waals surface area contributed by atoms with Crippen LogP contribution in [0.5, 0.6) is 0 Å². The molecule has 0 atom stereocenters. The van der Waals surface area contributed by atoms with Gasteiger partial charge in [0.15, 0.2) is 4.32 Å². The first-order chi connectivity index (χ1) is 7.92. The highest BCUT2D eigenvalue weighted by molar-refractivity contribution is 8.27. The minimum atomic E-state index is -1.00. The van der Waals surface area contributed by atoms with E-state index in [4.69, 9.17) is 0 Å². The number of thioether (sulfide) groups is 2. The lowest BCUT2D eigenvalue weighted by atomic mass is 10.0. The summed E-state index contributed by atoms with van der Waals surface area (Å²) in [6, 6.07) is 11.1. The van der Waals surface area contributed by atoms with Crippen LogP contribution in [0.3, 0.4) is 0 Å². The average Bonchev–Trinajstić information content (AvgIpc) is 2.29. The van der Waals surface area contributed by atoms with Crippen LogP contribution in [0.15, 0.2) is 30.3 Å². The van der Waals surface area contributed by atoms with E-state index in [1.54, 1.807) is 5.30 Å². The van der Waals surface area contributed by atoms with Crippen molar-refractivity contribution in [3.8, 4) is 0 Å². The van der Waals surface area contributed by atoms with E-state index in [2.05, 4.69) is 81.0 Å². The molecule has 0 N–H and O–H groups in total. The topological polar surface area (TPSA) is 0 Å². The lowest BCUT2D eigenvalue weighted by Gasteiger charge is -2.36. The molecular weight excluding hydrogens is 263 g/mol. The maximum absolute atomic E-state index is 2.49. The maximum Gasteiger partial charge on any atom is 0.164 e. The van der Waals surface area contributed by atoms with Gasteiger partial charge in [-0.05, 0) is 17.5 Å². The molecule has 1 saturated heterocycles. The standard InChI is InChI=1S/C14H22PS2/c1-14(2)10-16-13(17-11-14)15(3,4)12-8-6-5-7-9-12/h5-9,13H,10-11H2,1-4H3/q+1. The molecule has 1 aromatic rings. The van der Waals surface area contributed by atoms with E-state index in [1.165, 1.54) is 11.5 Å². The fourth-order valence-corrected chi connectivity index (χ4v) is 9.65. The first-order valence-corrected chi connectivity index (χ1v) is 10.9. The molecular formula is C14H22PS2+. The molecule has 0 saturated carbocycles. The summed E-state index contributed by atoms with van der Waals surface area (Å²) in [5.74, 6) is 2.61. The molecule has 0 radical (unpaired) electrons. The summed E-state index contributed by atoms with van der Waals surface area (Å²) < 4.78 is 0.790. The quantitative estimate of drug-likeness (QED) is 0.740. The summed E-state index contributed by atoms with van der Waals surface area (Å²) in [6.45, 7) is 9.75. The fraction of sp³-hybridized carbons (Fsp3) is 0.571. The van der Waals surface area contributed by atoms with Gasteiger partial charge in [-0.2, -0.15) is 0 Å². The van der Waals surface area contributed by atoms with Gasteiger partial charge in [-0.25, -0.2) is 0 Å². The van der Waals surface area contributed by atoms with Gasteiger partial charge < -0.3 is 0 Å². The summed E-state index contributed by atoms with van der Waals surface area (Å²) in [5.41, 5.74) is 0.516. The molecule has 0 aromatic heterocycles. The fourth-order valence-electron chi connectivity index (χ4n) is 1.99. The van der Waals surface area contributed by atoms with Crippen molar-refractivity contribution >= 4 is 36.1 Å². The molecule has 1 aromatic carbocycles. The van der Waals surface area contributed by atoms with Crippen molar-refractivity contribution in [3.63, 3.8) is 0 Å². The molecule has 0 bridgehead atoms. The van der Waals surface area contributed by atoms with Crippen molar-refractivity contribution in [1.29, 1.82) is 0 Å². The molecule has 2 rings (SSSR count). The van der Waals surface area contributed by atoms with Gasteiger partial charge in [0.05, 0.1) is 25.9 Å². The summed E-state index contributed by atoms with van der Waals surface area (Å²) >= 11 is 4.37. The van der Waals surface area contributed by atoms with Crippen LogP contribution in [0.4, 0.5) is 0 Å². The highest BCUT2D eigenvalue weighted by Gasteiger charge is 2.43. The Labute approximate surface area is 115 Å². The zero-order chi connectivity index (χ0) is 12.5. The Morgan fingerprint density at radius 2 is 1.59 bits per heavy atom. The Morgan fingerprint density at radius 3 is 2.12 bits per heavy atom. The van der Waals surface area contributed by atoms with Crippen LogP contribution in [0.1, 0.15) is 13.8 Å². The minimum absolute atomic E-state index is 0.516. The van der Waals surface area contributed by atoms with Crippen LogP contribution < -0.4 is 5.30 Å². The van der Waals surface area contributed by atoms with Crippen LogP contribution in [0.2, 0.25) is 0 Å². The second-order valence-electron chi connectivity index (χ2n) is 5.97. The summed E-state index contributed by atoms with van der Waals surface area (Å²) in [5, 5.41) is 1.57. The van der Waals surface area contributed by atoms with Crippen molar-refractivity contribution in [2.75, 3.05) is 24.8 Å². The molecule has 0 nitrogen and oxygen atoms in total. The molecule has 94 valence electrons. The van der Waals surface area contributed by atoms with Crippen molar-refractivity contribution in [2.45, 2.75) is 18.2 Å². The first kappa shape index (κ1) is 13.8. The maximum atomic E-state index is 2.49. The van der Waals surface area contributed by atoms with E-state index in [1.807, 2.05) is 0 Å². The van der Waals surface area contributed by atoms with Crippen molar-refractivity contribution in [1.82, 2.24) is 0 Å². The predicted octanol–water partition coefficient (Wildman–Crippen LogP) is 4.38. The minimum Gasteiger partial charge on any atom is -0.106 e. The van der Waals surface area contributed by atoms with Crippen molar-refractivity contribution < 1.29 is 0 Å². The SMILES string of the molecule is CC1(C)CSC([P+](C)(C)c2ccccc2)SC1. The zero-order valence-electron chi connectivity index (χ0n) is 11.1. The summed E-state index contributed by atoms with van der Waals surface area (Å²) in [6.07, 6.45) is 0. The van der Waals surface area contributed by atoms with Crippen molar-refractivity contribution in [3.05, 3.63) is 30.3 Å². The van der Waals surface area contributed by atoms with E-state index in [-0.39, 0.29) is 0 Å². The van der Waals surface area contributed by atoms with E-state index in [9.17, 15) is 0 Å². The van der Waals surface area contributed by atoms with Gasteiger partial charge in [0.1, 0.15) is 0 Å². The Balaban J connectivity index is 2.12. The molecule has 1 aliphatic heterocycles. The highest BCUT2D eigenvalue weighted by atomic mass is 32.2. The average molecular weight is 285 g/mol. The largest absolute Gasteiger partial charge is 0.164 e. The van der Waals surface area contributed by atoms with Crippen LogP contribution in [0, 0.1) is 5.41 Å². The van der Waals surface area contributed by atoms with Gasteiger partial charge in [-0.3, -0.25) is 0 Å². The predicted molar refractivity (Wildman–Crippen MR) is 87.3 cm³/mol. The third kappa shape index (κ3) is 3.22. The smallest absolute Gasteiger partial charge is 0.106 e. The first-order valence-electron chi connectivity index (χ1n) is 6.04. The van der Waals surface area contributed by atoms with E-state index in [0.29, 0.717) is 5.41 Å². The lowest BCUT2D eigenvalue weighted by molar-refractivity contribution is 0.490. The van der Waals surface area contributed by atoms with Gasteiger partial charge in [0, 0.05) is 11.5 Å². The Bertz CT molecular complexity index is 363. The number of hydrogen-bond acceptors (Lipinski definition) is 2. The monoisotopic (exact) mass is 285 g/mol. The second kappa shape index (κ2) is 5.15. The second-order valence-corrected chi connectivity index (χ2v) is 13.3. The molecule has 1 aliphatic rings. The van der Waals surface area contributed by atoms with Gasteiger partial charge in [-0.15, -0.1) is 23.5 Å². The van der Waals surface area contributed by atoms with Crippen LogP contribution in [-0.2, 0) is 0 Å². The third-order valence-corrected chi connectivity index (χ3v) is 13.2. The lowest BCUT2D eigenvalue weighted by Crippen LogP contribution is -2.28. The number of hydrogen-bond donors (Lipinski definition) is 0. The summed E-state index contributed by atoms with van der Waals surface area (Å²) in [4.78, 5) is 0. The highest BCUT2D eigenvalue weighted by Crippen LogP contribution is 2.65. The van der Waals surface area contributed by atoms with E-state index < -0.39 is 7.26 Å². The molecule has 17 heavy (non-hydrogen) atoms. The van der Waals surface area contributed by atoms with Gasteiger partial charge in [0.25, 0.3) is 0 Å². The van der Waals surface area contributed by atoms with E-state index in [0.717, 1.165) is 4.32 Å². The number of rotatable bonds is 2. The summed E-state index contributed by atoms with van der Waals surface area (Å²) in [7, 11) is -1.00. The molecule has 0 aliphatic carbocycles. The van der Waals surface area contributed by atoms with Crippen molar-refractivity contribution in [2.24, 2.45) is 5.41 Å². The molecule has 3 heteroatoms. The van der Waals surface area contributed by atoms with Crippen LogP contribution in [0.25, 0.3) is 0 Å². The van der Waals surface area contributed by atoms with Gasteiger partial charge >= 0.3 is 0 Å². The van der Waals surface area contributed by atoms with Gasteiger partial charge in [-0.1, -0.05) is 32.0 Å². The molecule has 0 amide bonds. The Kier molecular flexibility index (Phi) is 4.17. The molecule has 1 fully saturated rings. The normalized spacial score (nSPS) is 21.4. The zero-order valence-corrected chi connectivity index (χ0v) is 13.7. The Morgan fingerprint density at radius 1 is 1.06 bits per heavy atom. The van der Waals surface area contributed by atoms with E-state index >= 15 is 0 Å². The van der Waals surface area contributed by atoms with Crippen LogP contribution in [-0.4, -0.2) is 29.2 Å². The van der Waals surface area contributed by atoms with Gasteiger partial charge in [0.2, 0.25) is 0 Å². The molecule has 0 unspecified atom stereocenters. The number of benzene rings is 1. The molecule has 0 spiro atoms. The Hall–Kier alpha value is 0.350. The third-order valence-electron chi connectivity index (χ3n) is 3.18.